The van der Waals surface area contributed by atoms with Crippen LogP contribution in [0.3, 0.4) is 0 Å². The molecule has 0 aliphatic carbocycles. The minimum absolute atomic E-state index is 1.00. The third kappa shape index (κ3) is 4.11. The second-order valence-electron chi connectivity index (χ2n) is 5.00. The molecule has 2 heteroatoms. The predicted molar refractivity (Wildman–Crippen MR) is 83.5 cm³/mol. The molecule has 0 saturated carbocycles. The van der Waals surface area contributed by atoms with Crippen molar-refractivity contribution in [2.24, 2.45) is 0 Å². The summed E-state index contributed by atoms with van der Waals surface area (Å²) in [6, 6.07) is 19.0. The number of hydrogen-bond acceptors (Lipinski definition) is 2. The van der Waals surface area contributed by atoms with Crippen LogP contribution in [0.5, 0.6) is 0 Å². The average Bonchev–Trinajstić information content (AvgIpc) is 2.45. The molecule has 0 atom stereocenters. The van der Waals surface area contributed by atoms with E-state index in [1.54, 1.807) is 0 Å². The Labute approximate surface area is 116 Å². The summed E-state index contributed by atoms with van der Waals surface area (Å²) in [7, 11) is 4.22. The zero-order valence-corrected chi connectivity index (χ0v) is 11.8. The van der Waals surface area contributed by atoms with E-state index < -0.39 is 0 Å². The highest BCUT2D eigenvalue weighted by molar-refractivity contribution is 5.77. The summed E-state index contributed by atoms with van der Waals surface area (Å²) in [6.07, 6.45) is 1.15. The van der Waals surface area contributed by atoms with Crippen LogP contribution < -0.4 is 5.32 Å². The van der Waals surface area contributed by atoms with E-state index in [1.807, 2.05) is 0 Å². The van der Waals surface area contributed by atoms with E-state index in [4.69, 9.17) is 0 Å². The highest BCUT2D eigenvalue weighted by Crippen LogP contribution is 2.27. The van der Waals surface area contributed by atoms with Crippen molar-refractivity contribution in [3.63, 3.8) is 0 Å². The van der Waals surface area contributed by atoms with Crippen molar-refractivity contribution in [3.05, 3.63) is 54.6 Å². The lowest BCUT2D eigenvalue weighted by Gasteiger charge is -2.14. The number of benzene rings is 2. The highest BCUT2D eigenvalue weighted by Gasteiger charge is 2.03. The van der Waals surface area contributed by atoms with E-state index >= 15 is 0 Å². The molecule has 0 aliphatic heterocycles. The van der Waals surface area contributed by atoms with Crippen LogP contribution in [0.2, 0.25) is 0 Å². The van der Waals surface area contributed by atoms with Gasteiger partial charge in [-0.2, -0.15) is 0 Å². The lowest BCUT2D eigenvalue weighted by Crippen LogP contribution is -2.16. The third-order valence-corrected chi connectivity index (χ3v) is 3.11. The van der Waals surface area contributed by atoms with E-state index in [0.29, 0.717) is 0 Å². The molecule has 0 radical (unpaired) electrons. The Morgan fingerprint density at radius 3 is 2.32 bits per heavy atom. The van der Waals surface area contributed by atoms with E-state index in [1.165, 1.54) is 16.8 Å². The fourth-order valence-corrected chi connectivity index (χ4v) is 2.13. The Morgan fingerprint density at radius 2 is 1.58 bits per heavy atom. The number of anilines is 1. The van der Waals surface area contributed by atoms with Crippen molar-refractivity contribution in [1.29, 1.82) is 0 Å². The summed E-state index contributed by atoms with van der Waals surface area (Å²) in [5.74, 6) is 0. The van der Waals surface area contributed by atoms with Crippen LogP contribution in [-0.2, 0) is 0 Å². The summed E-state index contributed by atoms with van der Waals surface area (Å²) in [5, 5.41) is 3.54. The van der Waals surface area contributed by atoms with Crippen molar-refractivity contribution in [2.45, 2.75) is 6.42 Å². The minimum Gasteiger partial charge on any atom is -0.384 e. The molecule has 2 rings (SSSR count). The quantitative estimate of drug-likeness (QED) is 0.790. The molecule has 0 unspecified atom stereocenters. The first-order valence-corrected chi connectivity index (χ1v) is 6.80. The molecule has 0 heterocycles. The molecule has 0 spiro atoms. The Balaban J connectivity index is 2.05. The number of rotatable bonds is 6. The van der Waals surface area contributed by atoms with Crippen molar-refractivity contribution in [2.75, 3.05) is 32.5 Å². The molecular weight excluding hydrogens is 232 g/mol. The second kappa shape index (κ2) is 6.95. The van der Waals surface area contributed by atoms with Crippen LogP contribution in [0, 0.1) is 0 Å². The molecule has 0 bridgehead atoms. The maximum atomic E-state index is 3.54. The summed E-state index contributed by atoms with van der Waals surface area (Å²) < 4.78 is 0. The molecule has 2 aromatic rings. The van der Waals surface area contributed by atoms with Gasteiger partial charge in [-0.05, 0) is 38.7 Å². The maximum absolute atomic E-state index is 3.54. The summed E-state index contributed by atoms with van der Waals surface area (Å²) in [5.41, 5.74) is 3.75. The van der Waals surface area contributed by atoms with E-state index in [9.17, 15) is 0 Å². The predicted octanol–water partition coefficient (Wildman–Crippen LogP) is 3.72. The number of hydrogen-bond donors (Lipinski definition) is 1. The molecule has 1 N–H and O–H groups in total. The SMILES string of the molecule is CN(C)CCCNc1ccccc1-c1ccccc1. The van der Waals surface area contributed by atoms with Gasteiger partial charge in [0.05, 0.1) is 0 Å². The molecular formula is C17H22N2. The van der Waals surface area contributed by atoms with Gasteiger partial charge in [-0.3, -0.25) is 0 Å². The monoisotopic (exact) mass is 254 g/mol. The lowest BCUT2D eigenvalue weighted by atomic mass is 10.0. The van der Waals surface area contributed by atoms with Gasteiger partial charge in [-0.15, -0.1) is 0 Å². The van der Waals surface area contributed by atoms with Gasteiger partial charge in [0.2, 0.25) is 0 Å². The topological polar surface area (TPSA) is 15.3 Å². The molecule has 0 aliphatic rings. The Kier molecular flexibility index (Phi) is 4.99. The zero-order valence-electron chi connectivity index (χ0n) is 11.8. The van der Waals surface area contributed by atoms with Gasteiger partial charge in [0.1, 0.15) is 0 Å². The summed E-state index contributed by atoms with van der Waals surface area (Å²) in [6.45, 7) is 2.11. The fraction of sp³-hybridized carbons (Fsp3) is 0.294. The van der Waals surface area contributed by atoms with Crippen LogP contribution in [0.25, 0.3) is 11.1 Å². The molecule has 2 aromatic carbocycles. The maximum Gasteiger partial charge on any atom is 0.0419 e. The number of nitrogens with one attached hydrogen (secondary N) is 1. The Hall–Kier alpha value is -1.80. The van der Waals surface area contributed by atoms with E-state index in [-0.39, 0.29) is 0 Å². The normalized spacial score (nSPS) is 10.7. The van der Waals surface area contributed by atoms with Gasteiger partial charge in [0, 0.05) is 17.8 Å². The van der Waals surface area contributed by atoms with Crippen molar-refractivity contribution in [3.8, 4) is 11.1 Å². The Morgan fingerprint density at radius 1 is 0.895 bits per heavy atom. The molecule has 2 nitrogen and oxygen atoms in total. The van der Waals surface area contributed by atoms with E-state index in [0.717, 1.165) is 19.5 Å². The minimum atomic E-state index is 1.00. The first-order chi connectivity index (χ1) is 9.27. The van der Waals surface area contributed by atoms with E-state index in [2.05, 4.69) is 78.9 Å². The second-order valence-corrected chi connectivity index (χ2v) is 5.00. The molecule has 0 amide bonds. The van der Waals surface area contributed by atoms with Crippen molar-refractivity contribution >= 4 is 5.69 Å². The largest absolute Gasteiger partial charge is 0.384 e. The van der Waals surface area contributed by atoms with Gasteiger partial charge in [-0.25, -0.2) is 0 Å². The van der Waals surface area contributed by atoms with Gasteiger partial charge < -0.3 is 10.2 Å². The van der Waals surface area contributed by atoms with Crippen LogP contribution in [0.1, 0.15) is 6.42 Å². The molecule has 0 saturated heterocycles. The van der Waals surface area contributed by atoms with Gasteiger partial charge in [0.15, 0.2) is 0 Å². The van der Waals surface area contributed by atoms with Gasteiger partial charge in [-0.1, -0.05) is 48.5 Å². The van der Waals surface area contributed by atoms with Crippen LogP contribution in [0.15, 0.2) is 54.6 Å². The molecule has 0 fully saturated rings. The number of nitrogens with zero attached hydrogens (tertiary/aromatic N) is 1. The summed E-state index contributed by atoms with van der Waals surface area (Å²) in [4.78, 5) is 2.21. The smallest absolute Gasteiger partial charge is 0.0419 e. The van der Waals surface area contributed by atoms with Crippen LogP contribution in [-0.4, -0.2) is 32.1 Å². The first-order valence-electron chi connectivity index (χ1n) is 6.80. The number of para-hydroxylation sites is 1. The highest BCUT2D eigenvalue weighted by atomic mass is 15.1. The molecule has 0 aromatic heterocycles. The third-order valence-electron chi connectivity index (χ3n) is 3.11. The lowest BCUT2D eigenvalue weighted by molar-refractivity contribution is 0.405. The standard InChI is InChI=1S/C17H22N2/c1-19(2)14-8-13-18-17-12-7-6-11-16(17)15-9-4-3-5-10-15/h3-7,9-12,18H,8,13-14H2,1-2H3. The Bertz CT molecular complexity index is 492. The van der Waals surface area contributed by atoms with Gasteiger partial charge in [0.25, 0.3) is 0 Å². The van der Waals surface area contributed by atoms with Crippen molar-refractivity contribution < 1.29 is 0 Å². The van der Waals surface area contributed by atoms with Gasteiger partial charge >= 0.3 is 0 Å². The fourth-order valence-electron chi connectivity index (χ4n) is 2.13. The first kappa shape index (κ1) is 13.6. The van der Waals surface area contributed by atoms with Crippen LogP contribution in [0.4, 0.5) is 5.69 Å². The molecule has 100 valence electrons. The van der Waals surface area contributed by atoms with Crippen molar-refractivity contribution in [1.82, 2.24) is 4.90 Å². The van der Waals surface area contributed by atoms with Crippen LogP contribution >= 0.6 is 0 Å². The summed E-state index contributed by atoms with van der Waals surface area (Å²) >= 11 is 0. The zero-order chi connectivity index (χ0) is 13.5. The average molecular weight is 254 g/mol. The molecule has 19 heavy (non-hydrogen) atoms.